The van der Waals surface area contributed by atoms with E-state index in [1.54, 1.807) is 0 Å². The minimum absolute atomic E-state index is 0.0887. The average molecular weight is 303 g/mol. The van der Waals surface area contributed by atoms with Gasteiger partial charge in [-0.25, -0.2) is 4.68 Å². The summed E-state index contributed by atoms with van der Waals surface area (Å²) in [5, 5.41) is 4.46. The molecule has 1 aliphatic rings. The Balaban J connectivity index is 2.09. The molecule has 4 heteroatoms. The van der Waals surface area contributed by atoms with E-state index in [4.69, 9.17) is 11.6 Å². The molecular formula is C17H19ClN2O. The van der Waals surface area contributed by atoms with Crippen molar-refractivity contribution in [3.63, 3.8) is 0 Å². The minimum Gasteiger partial charge on any atom is -0.267 e. The number of hydrogen-bond donors (Lipinski definition) is 0. The van der Waals surface area contributed by atoms with Crippen molar-refractivity contribution in [1.82, 2.24) is 9.78 Å². The van der Waals surface area contributed by atoms with E-state index in [2.05, 4.69) is 23.3 Å². The predicted octanol–water partition coefficient (Wildman–Crippen LogP) is 3.55. The summed E-state index contributed by atoms with van der Waals surface area (Å²) in [5.74, 6) is 0.222. The van der Waals surface area contributed by atoms with E-state index in [1.807, 2.05) is 13.0 Å². The van der Waals surface area contributed by atoms with Crippen LogP contribution in [-0.4, -0.2) is 9.78 Å². The number of hydrogen-bond acceptors (Lipinski definition) is 2. The Bertz CT molecular complexity index is 693. The van der Waals surface area contributed by atoms with Gasteiger partial charge < -0.3 is 0 Å². The smallest absolute Gasteiger partial charge is 0.267 e. The molecular weight excluding hydrogens is 284 g/mol. The molecule has 2 aromatic rings. The van der Waals surface area contributed by atoms with Gasteiger partial charge in [-0.05, 0) is 55.9 Å². The fraction of sp³-hybridized carbons (Fsp3) is 0.412. The Morgan fingerprint density at radius 2 is 1.95 bits per heavy atom. The SMILES string of the molecule is CCn1nc(-c2ccc3c(c2)CCCC3)cc(CCl)c1=O. The molecule has 0 bridgehead atoms. The van der Waals surface area contributed by atoms with Crippen LogP contribution in [0.15, 0.2) is 29.1 Å². The normalized spacial score (nSPS) is 14.0. The maximum absolute atomic E-state index is 12.1. The summed E-state index contributed by atoms with van der Waals surface area (Å²) in [4.78, 5) is 12.1. The van der Waals surface area contributed by atoms with Crippen LogP contribution in [0.1, 0.15) is 36.5 Å². The van der Waals surface area contributed by atoms with Crippen molar-refractivity contribution in [3.8, 4) is 11.3 Å². The van der Waals surface area contributed by atoms with E-state index in [0.717, 1.165) is 17.7 Å². The molecule has 0 N–H and O–H groups in total. The number of aryl methyl sites for hydroxylation is 3. The summed E-state index contributed by atoms with van der Waals surface area (Å²) in [7, 11) is 0. The standard InChI is InChI=1S/C17H19ClN2O/c1-2-20-17(21)15(11-18)10-16(19-20)14-8-7-12-5-3-4-6-13(12)9-14/h7-10H,2-6,11H2,1H3. The van der Waals surface area contributed by atoms with Gasteiger partial charge in [-0.15, -0.1) is 11.6 Å². The molecule has 0 unspecified atom stereocenters. The molecule has 0 atom stereocenters. The average Bonchev–Trinajstić information content (AvgIpc) is 2.54. The van der Waals surface area contributed by atoms with Crippen LogP contribution in [0.25, 0.3) is 11.3 Å². The molecule has 21 heavy (non-hydrogen) atoms. The summed E-state index contributed by atoms with van der Waals surface area (Å²) in [6, 6.07) is 8.35. The Morgan fingerprint density at radius 3 is 2.67 bits per heavy atom. The molecule has 0 saturated heterocycles. The molecule has 1 aromatic heterocycles. The van der Waals surface area contributed by atoms with Crippen molar-refractivity contribution in [2.24, 2.45) is 0 Å². The van der Waals surface area contributed by atoms with Crippen LogP contribution in [0, 0.1) is 0 Å². The van der Waals surface area contributed by atoms with E-state index >= 15 is 0 Å². The summed E-state index contributed by atoms with van der Waals surface area (Å²) >= 11 is 5.89. The second kappa shape index (κ2) is 6.02. The third-order valence-electron chi connectivity index (χ3n) is 4.14. The summed E-state index contributed by atoms with van der Waals surface area (Å²) < 4.78 is 1.49. The van der Waals surface area contributed by atoms with Crippen LogP contribution >= 0.6 is 11.6 Å². The number of halogens is 1. The second-order valence-electron chi connectivity index (χ2n) is 5.50. The highest BCUT2D eigenvalue weighted by Gasteiger charge is 2.13. The molecule has 1 heterocycles. The van der Waals surface area contributed by atoms with Gasteiger partial charge in [-0.2, -0.15) is 5.10 Å². The largest absolute Gasteiger partial charge is 0.271 e. The molecule has 1 aromatic carbocycles. The fourth-order valence-corrected chi connectivity index (χ4v) is 3.13. The van der Waals surface area contributed by atoms with Gasteiger partial charge >= 0.3 is 0 Å². The number of nitrogens with zero attached hydrogens (tertiary/aromatic N) is 2. The van der Waals surface area contributed by atoms with Crippen LogP contribution < -0.4 is 5.56 Å². The molecule has 0 spiro atoms. The zero-order chi connectivity index (χ0) is 14.8. The first-order valence-electron chi connectivity index (χ1n) is 7.52. The van der Waals surface area contributed by atoms with E-state index in [1.165, 1.54) is 35.1 Å². The van der Waals surface area contributed by atoms with Crippen molar-refractivity contribution >= 4 is 11.6 Å². The molecule has 0 amide bonds. The van der Waals surface area contributed by atoms with Gasteiger partial charge in [0, 0.05) is 17.7 Å². The maximum atomic E-state index is 12.1. The monoisotopic (exact) mass is 302 g/mol. The van der Waals surface area contributed by atoms with E-state index in [9.17, 15) is 4.79 Å². The lowest BCUT2D eigenvalue weighted by atomic mass is 9.90. The molecule has 0 radical (unpaired) electrons. The number of aromatic nitrogens is 2. The topological polar surface area (TPSA) is 34.9 Å². The van der Waals surface area contributed by atoms with Gasteiger partial charge in [0.2, 0.25) is 0 Å². The zero-order valence-corrected chi connectivity index (χ0v) is 13.0. The highest BCUT2D eigenvalue weighted by atomic mass is 35.5. The van der Waals surface area contributed by atoms with Gasteiger partial charge in [-0.1, -0.05) is 12.1 Å². The first kappa shape index (κ1) is 14.3. The lowest BCUT2D eigenvalue weighted by Crippen LogP contribution is -2.25. The van der Waals surface area contributed by atoms with E-state index in [-0.39, 0.29) is 11.4 Å². The lowest BCUT2D eigenvalue weighted by molar-refractivity contribution is 0.613. The fourth-order valence-electron chi connectivity index (χ4n) is 2.94. The Kier molecular flexibility index (Phi) is 4.11. The van der Waals surface area contributed by atoms with Crippen molar-refractivity contribution in [2.75, 3.05) is 0 Å². The van der Waals surface area contributed by atoms with E-state index < -0.39 is 0 Å². The number of benzene rings is 1. The minimum atomic E-state index is -0.0887. The Morgan fingerprint density at radius 1 is 1.19 bits per heavy atom. The molecule has 0 fully saturated rings. The summed E-state index contributed by atoms with van der Waals surface area (Å²) in [6.07, 6.45) is 4.84. The maximum Gasteiger partial charge on any atom is 0.271 e. The molecule has 1 aliphatic carbocycles. The van der Waals surface area contributed by atoms with Crippen LogP contribution in [-0.2, 0) is 25.3 Å². The number of fused-ring (bicyclic) bond motifs is 1. The van der Waals surface area contributed by atoms with Gasteiger partial charge in [0.15, 0.2) is 0 Å². The highest BCUT2D eigenvalue weighted by molar-refractivity contribution is 6.17. The van der Waals surface area contributed by atoms with Crippen molar-refractivity contribution in [1.29, 1.82) is 0 Å². The third kappa shape index (κ3) is 2.75. The van der Waals surface area contributed by atoms with Gasteiger partial charge in [0.05, 0.1) is 11.6 Å². The van der Waals surface area contributed by atoms with Crippen LogP contribution in [0.3, 0.4) is 0 Å². The van der Waals surface area contributed by atoms with Gasteiger partial charge in [-0.3, -0.25) is 4.79 Å². The molecule has 3 rings (SSSR count). The van der Waals surface area contributed by atoms with Crippen LogP contribution in [0.4, 0.5) is 0 Å². The van der Waals surface area contributed by atoms with Crippen molar-refractivity contribution in [2.45, 2.75) is 45.0 Å². The highest BCUT2D eigenvalue weighted by Crippen LogP contribution is 2.26. The molecule has 110 valence electrons. The molecule has 0 aliphatic heterocycles. The van der Waals surface area contributed by atoms with Crippen LogP contribution in [0.2, 0.25) is 0 Å². The third-order valence-corrected chi connectivity index (χ3v) is 4.42. The predicted molar refractivity (Wildman–Crippen MR) is 85.8 cm³/mol. The van der Waals surface area contributed by atoms with Gasteiger partial charge in [0.1, 0.15) is 0 Å². The summed E-state index contributed by atoms with van der Waals surface area (Å²) in [6.45, 7) is 2.48. The Hall–Kier alpha value is -1.61. The quantitative estimate of drug-likeness (QED) is 0.813. The Labute approximate surface area is 129 Å². The van der Waals surface area contributed by atoms with E-state index in [0.29, 0.717) is 12.1 Å². The lowest BCUT2D eigenvalue weighted by Gasteiger charge is -2.17. The second-order valence-corrected chi connectivity index (χ2v) is 5.77. The summed E-state index contributed by atoms with van der Waals surface area (Å²) in [5.41, 5.74) is 5.30. The van der Waals surface area contributed by atoms with Crippen LogP contribution in [0.5, 0.6) is 0 Å². The van der Waals surface area contributed by atoms with Crippen molar-refractivity contribution < 1.29 is 0 Å². The number of alkyl halides is 1. The van der Waals surface area contributed by atoms with Crippen molar-refractivity contribution in [3.05, 3.63) is 51.3 Å². The molecule has 3 nitrogen and oxygen atoms in total. The first-order chi connectivity index (χ1) is 10.2. The number of rotatable bonds is 3. The van der Waals surface area contributed by atoms with Gasteiger partial charge in [0.25, 0.3) is 5.56 Å². The first-order valence-corrected chi connectivity index (χ1v) is 8.05. The zero-order valence-electron chi connectivity index (χ0n) is 12.2. The molecule has 0 saturated carbocycles.